The number of hydrazone groups is 1. The van der Waals surface area contributed by atoms with Crippen LogP contribution in [-0.2, 0) is 11.4 Å². The van der Waals surface area contributed by atoms with E-state index in [0.717, 1.165) is 11.1 Å². The van der Waals surface area contributed by atoms with Crippen molar-refractivity contribution in [2.75, 3.05) is 13.2 Å². The van der Waals surface area contributed by atoms with E-state index in [2.05, 4.69) is 10.5 Å². The van der Waals surface area contributed by atoms with Crippen LogP contribution in [0, 0.1) is 0 Å². The molecule has 160 valence electrons. The summed E-state index contributed by atoms with van der Waals surface area (Å²) in [5.41, 5.74) is 4.20. The lowest BCUT2D eigenvalue weighted by Crippen LogP contribution is -2.24. The number of rotatable bonds is 10. The minimum atomic E-state index is -0.354. The first-order valence-electron chi connectivity index (χ1n) is 9.78. The van der Waals surface area contributed by atoms with Crippen LogP contribution in [0.25, 0.3) is 0 Å². The van der Waals surface area contributed by atoms with E-state index in [0.29, 0.717) is 35.5 Å². The van der Waals surface area contributed by atoms with Gasteiger partial charge in [0, 0.05) is 5.02 Å². The summed E-state index contributed by atoms with van der Waals surface area (Å²) < 4.78 is 17.0. The van der Waals surface area contributed by atoms with Gasteiger partial charge in [-0.05, 0) is 60.5 Å². The first-order chi connectivity index (χ1) is 15.1. The highest BCUT2D eigenvalue weighted by molar-refractivity contribution is 6.30. The van der Waals surface area contributed by atoms with Gasteiger partial charge in [0.05, 0.1) is 12.8 Å². The molecule has 0 spiro atoms. The van der Waals surface area contributed by atoms with E-state index in [1.165, 1.54) is 6.21 Å². The standard InChI is InChI=1S/C24H23ClN2O4/c1-2-29-23-14-19(10-13-22(23)31-16-18-8-11-20(25)12-9-18)15-26-27-24(28)17-30-21-6-4-3-5-7-21/h3-15H,2,16-17H2,1H3,(H,27,28)/b26-15-. The number of para-hydroxylation sites is 1. The lowest BCUT2D eigenvalue weighted by atomic mass is 10.2. The zero-order valence-electron chi connectivity index (χ0n) is 17.1. The summed E-state index contributed by atoms with van der Waals surface area (Å²) in [4.78, 5) is 11.9. The summed E-state index contributed by atoms with van der Waals surface area (Å²) in [7, 11) is 0. The van der Waals surface area contributed by atoms with Crippen molar-refractivity contribution in [3.05, 3.63) is 88.9 Å². The van der Waals surface area contributed by atoms with Gasteiger partial charge in [0.1, 0.15) is 12.4 Å². The molecule has 3 rings (SSSR count). The van der Waals surface area contributed by atoms with Gasteiger partial charge in [-0.1, -0.05) is 41.9 Å². The summed E-state index contributed by atoms with van der Waals surface area (Å²) in [5.74, 6) is 1.48. The molecule has 0 aromatic heterocycles. The monoisotopic (exact) mass is 438 g/mol. The Hall–Kier alpha value is -3.51. The molecule has 0 bridgehead atoms. The second-order valence-corrected chi connectivity index (χ2v) is 6.89. The number of halogens is 1. The van der Waals surface area contributed by atoms with Gasteiger partial charge in [0.2, 0.25) is 0 Å². The lowest BCUT2D eigenvalue weighted by molar-refractivity contribution is -0.123. The molecule has 0 aliphatic rings. The maximum Gasteiger partial charge on any atom is 0.277 e. The smallest absolute Gasteiger partial charge is 0.277 e. The largest absolute Gasteiger partial charge is 0.490 e. The number of ether oxygens (including phenoxy) is 3. The van der Waals surface area contributed by atoms with Crippen molar-refractivity contribution in [3.8, 4) is 17.2 Å². The molecular formula is C24H23ClN2O4. The Bertz CT molecular complexity index is 1010. The minimum absolute atomic E-state index is 0.122. The van der Waals surface area contributed by atoms with Crippen molar-refractivity contribution in [3.63, 3.8) is 0 Å². The Morgan fingerprint density at radius 3 is 2.48 bits per heavy atom. The van der Waals surface area contributed by atoms with Crippen LogP contribution < -0.4 is 19.6 Å². The third kappa shape index (κ3) is 7.35. The Morgan fingerprint density at radius 2 is 1.74 bits per heavy atom. The highest BCUT2D eigenvalue weighted by atomic mass is 35.5. The van der Waals surface area contributed by atoms with Crippen LogP contribution in [0.5, 0.6) is 17.2 Å². The van der Waals surface area contributed by atoms with E-state index in [1.807, 2.05) is 61.5 Å². The highest BCUT2D eigenvalue weighted by Crippen LogP contribution is 2.29. The molecule has 0 aliphatic carbocycles. The number of hydrogen-bond acceptors (Lipinski definition) is 5. The van der Waals surface area contributed by atoms with Gasteiger partial charge >= 0.3 is 0 Å². The van der Waals surface area contributed by atoms with Crippen LogP contribution in [0.15, 0.2) is 77.9 Å². The summed E-state index contributed by atoms with van der Waals surface area (Å²) in [6.45, 7) is 2.66. The van der Waals surface area contributed by atoms with E-state index in [4.69, 9.17) is 25.8 Å². The number of hydrogen-bond donors (Lipinski definition) is 1. The molecule has 0 fully saturated rings. The fourth-order valence-corrected chi connectivity index (χ4v) is 2.74. The van der Waals surface area contributed by atoms with Crippen LogP contribution in [0.2, 0.25) is 5.02 Å². The first kappa shape index (κ1) is 22.2. The average Bonchev–Trinajstić information content (AvgIpc) is 2.79. The van der Waals surface area contributed by atoms with Gasteiger partial charge in [-0.25, -0.2) is 5.43 Å². The molecule has 31 heavy (non-hydrogen) atoms. The van der Waals surface area contributed by atoms with Crippen molar-refractivity contribution in [2.24, 2.45) is 5.10 Å². The van der Waals surface area contributed by atoms with E-state index in [-0.39, 0.29) is 12.5 Å². The summed E-state index contributed by atoms with van der Waals surface area (Å²) >= 11 is 5.91. The fraction of sp³-hybridized carbons (Fsp3) is 0.167. The molecule has 0 atom stereocenters. The van der Waals surface area contributed by atoms with Crippen LogP contribution in [0.1, 0.15) is 18.1 Å². The summed E-state index contributed by atoms with van der Waals surface area (Å²) in [6, 6.07) is 22.0. The van der Waals surface area contributed by atoms with Gasteiger partial charge in [-0.3, -0.25) is 4.79 Å². The molecule has 6 nitrogen and oxygen atoms in total. The number of carbonyl (C=O) groups excluding carboxylic acids is 1. The van der Waals surface area contributed by atoms with Crippen molar-refractivity contribution in [1.29, 1.82) is 0 Å². The molecule has 1 N–H and O–H groups in total. The van der Waals surface area contributed by atoms with E-state index >= 15 is 0 Å². The van der Waals surface area contributed by atoms with E-state index in [9.17, 15) is 4.79 Å². The highest BCUT2D eigenvalue weighted by Gasteiger charge is 2.07. The van der Waals surface area contributed by atoms with Crippen molar-refractivity contribution < 1.29 is 19.0 Å². The Kier molecular flexibility index (Phi) is 8.31. The Morgan fingerprint density at radius 1 is 0.968 bits per heavy atom. The van der Waals surface area contributed by atoms with E-state index in [1.54, 1.807) is 18.2 Å². The van der Waals surface area contributed by atoms with Crippen LogP contribution >= 0.6 is 11.6 Å². The number of benzene rings is 3. The first-order valence-corrected chi connectivity index (χ1v) is 10.2. The van der Waals surface area contributed by atoms with Gasteiger partial charge in [-0.15, -0.1) is 0 Å². The van der Waals surface area contributed by atoms with Crippen molar-refractivity contribution >= 4 is 23.7 Å². The SMILES string of the molecule is CCOc1cc(/C=N\NC(=O)COc2ccccc2)ccc1OCc1ccc(Cl)cc1. The second-order valence-electron chi connectivity index (χ2n) is 6.45. The molecule has 3 aromatic carbocycles. The molecular weight excluding hydrogens is 416 g/mol. The molecule has 0 radical (unpaired) electrons. The van der Waals surface area contributed by atoms with Crippen LogP contribution in [0.3, 0.4) is 0 Å². The third-order valence-corrected chi connectivity index (χ3v) is 4.34. The molecule has 0 saturated heterocycles. The summed E-state index contributed by atoms with van der Waals surface area (Å²) in [5, 5.41) is 4.65. The quantitative estimate of drug-likeness (QED) is 0.363. The normalized spacial score (nSPS) is 10.6. The number of nitrogens with one attached hydrogen (secondary N) is 1. The van der Waals surface area contributed by atoms with Crippen molar-refractivity contribution in [2.45, 2.75) is 13.5 Å². The predicted molar refractivity (Wildman–Crippen MR) is 121 cm³/mol. The van der Waals surface area contributed by atoms with Gasteiger partial charge in [0.15, 0.2) is 18.1 Å². The molecule has 0 saturated carbocycles. The average molecular weight is 439 g/mol. The van der Waals surface area contributed by atoms with Gasteiger partial charge in [0.25, 0.3) is 5.91 Å². The van der Waals surface area contributed by atoms with Gasteiger partial charge < -0.3 is 14.2 Å². The van der Waals surface area contributed by atoms with Crippen molar-refractivity contribution in [1.82, 2.24) is 5.43 Å². The molecule has 0 unspecified atom stereocenters. The summed E-state index contributed by atoms with van der Waals surface area (Å²) in [6.07, 6.45) is 1.53. The number of nitrogens with zero attached hydrogens (tertiary/aromatic N) is 1. The number of carbonyl (C=O) groups is 1. The molecule has 7 heteroatoms. The predicted octanol–water partition coefficient (Wildman–Crippen LogP) is 4.85. The topological polar surface area (TPSA) is 69.2 Å². The van der Waals surface area contributed by atoms with E-state index < -0.39 is 0 Å². The van der Waals surface area contributed by atoms with Crippen LogP contribution in [-0.4, -0.2) is 25.3 Å². The van der Waals surface area contributed by atoms with Gasteiger partial charge in [-0.2, -0.15) is 5.10 Å². The maximum absolute atomic E-state index is 11.9. The second kappa shape index (κ2) is 11.6. The molecule has 3 aromatic rings. The Labute approximate surface area is 186 Å². The molecule has 1 amide bonds. The number of amides is 1. The molecule has 0 aliphatic heterocycles. The third-order valence-electron chi connectivity index (χ3n) is 4.09. The lowest BCUT2D eigenvalue weighted by Gasteiger charge is -2.12. The van der Waals surface area contributed by atoms with Crippen LogP contribution in [0.4, 0.5) is 0 Å². The fourth-order valence-electron chi connectivity index (χ4n) is 2.61. The molecule has 0 heterocycles. The maximum atomic E-state index is 11.9. The zero-order valence-corrected chi connectivity index (χ0v) is 17.8. The zero-order chi connectivity index (χ0) is 21.9. The minimum Gasteiger partial charge on any atom is -0.490 e. The Balaban J connectivity index is 1.55.